The highest BCUT2D eigenvalue weighted by atomic mass is 79.9. The molecule has 0 radical (unpaired) electrons. The Kier molecular flexibility index (Phi) is 2.89. The number of carbonyl (C=O) groups is 1. The van der Waals surface area contributed by atoms with Crippen molar-refractivity contribution in [3.8, 4) is 17.1 Å². The lowest BCUT2D eigenvalue weighted by Gasteiger charge is -2.03. The number of rotatable bonds is 2. The molecule has 0 unspecified atom stereocenters. The molecule has 2 rings (SSSR count). The topological polar surface area (TPSA) is 83.6 Å². The van der Waals surface area contributed by atoms with Crippen molar-refractivity contribution >= 4 is 21.9 Å². The molecule has 0 amide bonds. The van der Waals surface area contributed by atoms with Crippen LogP contribution in [0, 0.1) is 6.92 Å². The summed E-state index contributed by atoms with van der Waals surface area (Å²) in [4.78, 5) is 10.7. The van der Waals surface area contributed by atoms with Crippen molar-refractivity contribution in [3.05, 3.63) is 33.9 Å². The fourth-order valence-corrected chi connectivity index (χ4v) is 1.77. The van der Waals surface area contributed by atoms with Crippen molar-refractivity contribution in [1.82, 2.24) is 5.16 Å². The highest BCUT2D eigenvalue weighted by Crippen LogP contribution is 2.32. The van der Waals surface area contributed by atoms with Crippen LogP contribution in [0.5, 0.6) is 5.75 Å². The Hall–Kier alpha value is -1.82. The van der Waals surface area contributed by atoms with Crippen LogP contribution in [0.15, 0.2) is 27.2 Å². The van der Waals surface area contributed by atoms with E-state index in [0.717, 1.165) is 0 Å². The van der Waals surface area contributed by atoms with E-state index in [2.05, 4.69) is 21.1 Å². The number of halogens is 1. The number of benzene rings is 1. The van der Waals surface area contributed by atoms with Gasteiger partial charge in [-0.05, 0) is 19.1 Å². The van der Waals surface area contributed by atoms with Crippen LogP contribution in [-0.4, -0.2) is 21.3 Å². The molecule has 0 fully saturated rings. The van der Waals surface area contributed by atoms with E-state index >= 15 is 0 Å². The molecule has 0 saturated heterocycles. The van der Waals surface area contributed by atoms with E-state index in [0.29, 0.717) is 21.4 Å². The van der Waals surface area contributed by atoms with Gasteiger partial charge in [-0.25, -0.2) is 4.79 Å². The Morgan fingerprint density at radius 3 is 2.65 bits per heavy atom. The predicted octanol–water partition coefficient (Wildman–Crippen LogP) is 2.82. The standard InChI is InChI=1S/C11H8BrNO4/c1-5-7(12)2-6(3-9(5)14)10-4-8(11(15)16)13-17-10/h2-4,14H,1H3,(H,15,16). The molecule has 88 valence electrons. The highest BCUT2D eigenvalue weighted by molar-refractivity contribution is 9.10. The van der Waals surface area contributed by atoms with Gasteiger partial charge in [-0.1, -0.05) is 21.1 Å². The second-order valence-corrected chi connectivity index (χ2v) is 4.34. The molecule has 2 N–H and O–H groups in total. The maximum Gasteiger partial charge on any atom is 0.358 e. The third-order valence-electron chi connectivity index (χ3n) is 2.33. The third-order valence-corrected chi connectivity index (χ3v) is 3.15. The quantitative estimate of drug-likeness (QED) is 0.890. The molecule has 1 aromatic heterocycles. The molecule has 0 bridgehead atoms. The van der Waals surface area contributed by atoms with Crippen LogP contribution in [0.25, 0.3) is 11.3 Å². The summed E-state index contributed by atoms with van der Waals surface area (Å²) >= 11 is 3.29. The Labute approximate surface area is 105 Å². The fraction of sp³-hybridized carbons (Fsp3) is 0.0909. The maximum absolute atomic E-state index is 10.7. The number of hydrogen-bond donors (Lipinski definition) is 2. The van der Waals surface area contributed by atoms with E-state index in [4.69, 9.17) is 9.63 Å². The number of aromatic hydroxyl groups is 1. The SMILES string of the molecule is Cc1c(O)cc(-c2cc(C(=O)O)no2)cc1Br. The molecule has 0 atom stereocenters. The number of aromatic nitrogens is 1. The molecular weight excluding hydrogens is 290 g/mol. The summed E-state index contributed by atoms with van der Waals surface area (Å²) < 4.78 is 5.61. The summed E-state index contributed by atoms with van der Waals surface area (Å²) in [7, 11) is 0. The summed E-state index contributed by atoms with van der Waals surface area (Å²) in [5, 5.41) is 21.8. The maximum atomic E-state index is 10.7. The van der Waals surface area contributed by atoms with Crippen LogP contribution >= 0.6 is 15.9 Å². The zero-order valence-electron chi connectivity index (χ0n) is 8.77. The number of nitrogens with zero attached hydrogens (tertiary/aromatic N) is 1. The zero-order valence-corrected chi connectivity index (χ0v) is 10.4. The Morgan fingerprint density at radius 1 is 1.41 bits per heavy atom. The lowest BCUT2D eigenvalue weighted by Crippen LogP contribution is -1.94. The summed E-state index contributed by atoms with van der Waals surface area (Å²) in [5.74, 6) is -0.767. The molecule has 0 aliphatic heterocycles. The van der Waals surface area contributed by atoms with E-state index in [9.17, 15) is 9.90 Å². The average Bonchev–Trinajstić information content (AvgIpc) is 2.74. The molecule has 0 spiro atoms. The number of hydrogen-bond acceptors (Lipinski definition) is 4. The van der Waals surface area contributed by atoms with E-state index in [1.165, 1.54) is 12.1 Å². The first-order valence-electron chi connectivity index (χ1n) is 4.68. The van der Waals surface area contributed by atoms with E-state index in [1.807, 2.05) is 0 Å². The molecule has 17 heavy (non-hydrogen) atoms. The number of carboxylic acids is 1. The molecular formula is C11H8BrNO4. The molecule has 1 heterocycles. The largest absolute Gasteiger partial charge is 0.508 e. The second-order valence-electron chi connectivity index (χ2n) is 3.48. The minimum atomic E-state index is -1.16. The smallest absolute Gasteiger partial charge is 0.358 e. The van der Waals surface area contributed by atoms with Crippen molar-refractivity contribution < 1.29 is 19.5 Å². The van der Waals surface area contributed by atoms with Crippen molar-refractivity contribution in [2.75, 3.05) is 0 Å². The number of aromatic carboxylic acids is 1. The van der Waals surface area contributed by atoms with Gasteiger partial charge in [0, 0.05) is 21.7 Å². The summed E-state index contributed by atoms with van der Waals surface area (Å²) in [6.07, 6.45) is 0. The van der Waals surface area contributed by atoms with Gasteiger partial charge in [0.2, 0.25) is 0 Å². The van der Waals surface area contributed by atoms with E-state index in [-0.39, 0.29) is 11.4 Å². The lowest BCUT2D eigenvalue weighted by atomic mass is 10.1. The molecule has 6 heteroatoms. The molecule has 0 aliphatic carbocycles. The lowest BCUT2D eigenvalue weighted by molar-refractivity contribution is 0.0686. The van der Waals surface area contributed by atoms with Crippen LogP contribution in [0.4, 0.5) is 0 Å². The summed E-state index contributed by atoms with van der Waals surface area (Å²) in [6, 6.07) is 4.52. The van der Waals surface area contributed by atoms with Gasteiger partial charge in [0.05, 0.1) is 0 Å². The van der Waals surface area contributed by atoms with Crippen LogP contribution in [-0.2, 0) is 0 Å². The first kappa shape index (κ1) is 11.7. The Morgan fingerprint density at radius 2 is 2.12 bits per heavy atom. The summed E-state index contributed by atoms with van der Waals surface area (Å²) in [5.41, 5.74) is 1.09. The summed E-state index contributed by atoms with van der Waals surface area (Å²) in [6.45, 7) is 1.76. The van der Waals surface area contributed by atoms with E-state index < -0.39 is 5.97 Å². The second kappa shape index (κ2) is 4.21. The van der Waals surface area contributed by atoms with Crippen LogP contribution < -0.4 is 0 Å². The Balaban J connectivity index is 2.49. The first-order valence-corrected chi connectivity index (χ1v) is 5.48. The van der Waals surface area contributed by atoms with Gasteiger partial charge in [0.1, 0.15) is 5.75 Å². The van der Waals surface area contributed by atoms with Gasteiger partial charge in [-0.2, -0.15) is 0 Å². The predicted molar refractivity (Wildman–Crippen MR) is 63.0 cm³/mol. The number of carboxylic acid groups (broad SMARTS) is 1. The minimum Gasteiger partial charge on any atom is -0.508 e. The van der Waals surface area contributed by atoms with Gasteiger partial charge in [-0.15, -0.1) is 0 Å². The molecule has 5 nitrogen and oxygen atoms in total. The highest BCUT2D eigenvalue weighted by Gasteiger charge is 2.14. The molecule has 2 aromatic rings. The van der Waals surface area contributed by atoms with Gasteiger partial charge in [0.25, 0.3) is 0 Å². The van der Waals surface area contributed by atoms with Gasteiger partial charge in [-0.3, -0.25) is 0 Å². The number of phenols is 1. The van der Waals surface area contributed by atoms with Gasteiger partial charge >= 0.3 is 5.97 Å². The normalized spacial score (nSPS) is 10.5. The molecule has 0 saturated carbocycles. The van der Waals surface area contributed by atoms with Crippen LogP contribution in [0.1, 0.15) is 16.1 Å². The molecule has 0 aliphatic rings. The van der Waals surface area contributed by atoms with Crippen molar-refractivity contribution in [2.24, 2.45) is 0 Å². The monoisotopic (exact) mass is 297 g/mol. The minimum absolute atomic E-state index is 0.0997. The van der Waals surface area contributed by atoms with Crippen LogP contribution in [0.3, 0.4) is 0 Å². The van der Waals surface area contributed by atoms with Crippen molar-refractivity contribution in [1.29, 1.82) is 0 Å². The third kappa shape index (κ3) is 2.16. The van der Waals surface area contributed by atoms with E-state index in [1.54, 1.807) is 13.0 Å². The average molecular weight is 298 g/mol. The van der Waals surface area contributed by atoms with Crippen LogP contribution in [0.2, 0.25) is 0 Å². The Bertz CT molecular complexity index is 568. The first-order chi connectivity index (χ1) is 7.99. The van der Waals surface area contributed by atoms with Gasteiger partial charge < -0.3 is 14.7 Å². The van der Waals surface area contributed by atoms with Gasteiger partial charge in [0.15, 0.2) is 11.5 Å². The number of phenolic OH excluding ortho intramolecular Hbond substituents is 1. The zero-order chi connectivity index (χ0) is 12.6. The fourth-order valence-electron chi connectivity index (χ4n) is 1.32. The van der Waals surface area contributed by atoms with Crippen molar-refractivity contribution in [2.45, 2.75) is 6.92 Å². The molecule has 1 aromatic carbocycles. The van der Waals surface area contributed by atoms with Crippen molar-refractivity contribution in [3.63, 3.8) is 0 Å².